The zero-order valence-corrected chi connectivity index (χ0v) is 18.1. The molecule has 3 aliphatic carbocycles. The van der Waals surface area contributed by atoms with Crippen LogP contribution >= 0.6 is 0 Å². The van der Waals surface area contributed by atoms with Crippen LogP contribution in [0.25, 0.3) is 0 Å². The van der Waals surface area contributed by atoms with Crippen molar-refractivity contribution in [2.24, 2.45) is 23.2 Å². The Kier molecular flexibility index (Phi) is 6.38. The van der Waals surface area contributed by atoms with Gasteiger partial charge in [0, 0.05) is 12.6 Å². The quantitative estimate of drug-likeness (QED) is 0.438. The minimum Gasteiger partial charge on any atom is -0.461 e. The van der Waals surface area contributed by atoms with E-state index in [-0.39, 0.29) is 29.3 Å². The molecule has 6 atom stereocenters. The molecule has 0 amide bonds. The number of aliphatic hydroxyl groups excluding tert-OH is 2. The molecule has 3 rings (SSSR count). The Morgan fingerprint density at radius 1 is 1.32 bits per heavy atom. The number of ether oxygens (including phenoxy) is 1. The second-order valence-electron chi connectivity index (χ2n) is 9.61. The fraction of sp³-hybridized carbons (Fsp3) is 0.783. The van der Waals surface area contributed by atoms with E-state index in [1.54, 1.807) is 6.08 Å². The lowest BCUT2D eigenvalue weighted by Crippen LogP contribution is -2.52. The standard InChI is InChI=1S/C23H37NO4/c1-14-16(12-21(27)28-11-10-24(4)5)6-7-17-22(14)20(26)13-18-15(2)19(25)8-9-23(17,18)3/h12,14,17,19-20,22,25-26H,6-11,13H2,1-5H3. The number of hydrogen-bond donors (Lipinski definition) is 2. The molecule has 0 saturated heterocycles. The van der Waals surface area contributed by atoms with Gasteiger partial charge in [-0.15, -0.1) is 0 Å². The minimum absolute atomic E-state index is 0.0548. The fourth-order valence-electron chi connectivity index (χ4n) is 6.01. The Morgan fingerprint density at radius 2 is 2.04 bits per heavy atom. The first kappa shape index (κ1) is 21.5. The Hall–Kier alpha value is -1.17. The van der Waals surface area contributed by atoms with Gasteiger partial charge >= 0.3 is 5.97 Å². The van der Waals surface area contributed by atoms with Crippen LogP contribution in [0.2, 0.25) is 0 Å². The van der Waals surface area contributed by atoms with Crippen molar-refractivity contribution in [3.05, 3.63) is 22.8 Å². The maximum Gasteiger partial charge on any atom is 0.330 e. The maximum absolute atomic E-state index is 12.2. The van der Waals surface area contributed by atoms with Crippen molar-refractivity contribution >= 4 is 5.97 Å². The Bertz CT molecular complexity index is 668. The topological polar surface area (TPSA) is 70.0 Å². The Morgan fingerprint density at radius 3 is 2.71 bits per heavy atom. The number of allylic oxidation sites excluding steroid dienone is 1. The molecule has 0 aromatic heterocycles. The van der Waals surface area contributed by atoms with Gasteiger partial charge in [-0.1, -0.05) is 25.0 Å². The van der Waals surface area contributed by atoms with E-state index in [0.717, 1.165) is 36.8 Å². The fourth-order valence-corrected chi connectivity index (χ4v) is 6.01. The summed E-state index contributed by atoms with van der Waals surface area (Å²) in [5, 5.41) is 21.3. The van der Waals surface area contributed by atoms with Gasteiger partial charge in [0.05, 0.1) is 12.2 Å². The SMILES string of the molecule is CC1=C2CC(O)C3C(C)C(=CC(=O)OCCN(C)C)CCC3C2(C)CCC1O. The van der Waals surface area contributed by atoms with E-state index in [1.165, 1.54) is 5.57 Å². The van der Waals surface area contributed by atoms with Crippen LogP contribution in [0, 0.1) is 23.2 Å². The van der Waals surface area contributed by atoms with E-state index >= 15 is 0 Å². The average molecular weight is 392 g/mol. The Labute approximate surface area is 169 Å². The van der Waals surface area contributed by atoms with E-state index in [2.05, 4.69) is 13.8 Å². The number of esters is 1. The van der Waals surface area contributed by atoms with E-state index in [9.17, 15) is 15.0 Å². The largest absolute Gasteiger partial charge is 0.461 e. The molecule has 2 fully saturated rings. The minimum atomic E-state index is -0.420. The van der Waals surface area contributed by atoms with E-state index in [1.807, 2.05) is 25.9 Å². The lowest BCUT2D eigenvalue weighted by molar-refractivity contribution is -0.138. The highest BCUT2D eigenvalue weighted by Gasteiger charge is 2.54. The van der Waals surface area contributed by atoms with Gasteiger partial charge in [0.15, 0.2) is 0 Å². The number of nitrogens with zero attached hydrogens (tertiary/aromatic N) is 1. The number of rotatable bonds is 4. The van der Waals surface area contributed by atoms with E-state index in [0.29, 0.717) is 25.5 Å². The second-order valence-corrected chi connectivity index (χ2v) is 9.61. The molecule has 2 N–H and O–H groups in total. The summed E-state index contributed by atoms with van der Waals surface area (Å²) in [4.78, 5) is 14.2. The molecule has 28 heavy (non-hydrogen) atoms. The molecule has 0 heterocycles. The summed E-state index contributed by atoms with van der Waals surface area (Å²) < 4.78 is 5.34. The van der Waals surface area contributed by atoms with Crippen LogP contribution in [0.5, 0.6) is 0 Å². The highest BCUT2D eigenvalue weighted by Crippen LogP contribution is 2.60. The van der Waals surface area contributed by atoms with Crippen LogP contribution < -0.4 is 0 Å². The third-order valence-corrected chi connectivity index (χ3v) is 7.74. The van der Waals surface area contributed by atoms with Gasteiger partial charge in [0.1, 0.15) is 6.61 Å². The third kappa shape index (κ3) is 3.94. The predicted octanol–water partition coefficient (Wildman–Crippen LogP) is 2.92. The number of hydrogen-bond acceptors (Lipinski definition) is 5. The van der Waals surface area contributed by atoms with Gasteiger partial charge in [-0.25, -0.2) is 4.79 Å². The molecule has 6 unspecified atom stereocenters. The molecule has 158 valence electrons. The summed E-state index contributed by atoms with van der Waals surface area (Å²) in [6.45, 7) is 7.63. The molecule has 0 aromatic rings. The van der Waals surface area contributed by atoms with Crippen molar-refractivity contribution in [3.63, 3.8) is 0 Å². The summed E-state index contributed by atoms with van der Waals surface area (Å²) in [5.41, 5.74) is 3.52. The van der Waals surface area contributed by atoms with Crippen LogP contribution in [-0.2, 0) is 9.53 Å². The zero-order valence-electron chi connectivity index (χ0n) is 18.1. The van der Waals surface area contributed by atoms with Crippen LogP contribution in [0.3, 0.4) is 0 Å². The number of likely N-dealkylation sites (N-methyl/N-ethyl adjacent to an activating group) is 1. The first-order valence-electron chi connectivity index (χ1n) is 10.7. The van der Waals surface area contributed by atoms with Crippen LogP contribution in [0.15, 0.2) is 22.8 Å². The molecule has 0 aliphatic heterocycles. The summed E-state index contributed by atoms with van der Waals surface area (Å²) in [6, 6.07) is 0. The van der Waals surface area contributed by atoms with Crippen LogP contribution in [0.1, 0.15) is 52.9 Å². The van der Waals surface area contributed by atoms with Crippen LogP contribution in [0.4, 0.5) is 0 Å². The first-order valence-corrected chi connectivity index (χ1v) is 10.7. The summed E-state index contributed by atoms with van der Waals surface area (Å²) >= 11 is 0. The average Bonchev–Trinajstić information content (AvgIpc) is 2.62. The molecule has 5 nitrogen and oxygen atoms in total. The van der Waals surface area contributed by atoms with E-state index in [4.69, 9.17) is 4.74 Å². The zero-order chi connectivity index (χ0) is 20.6. The Balaban J connectivity index is 1.77. The van der Waals surface area contributed by atoms with Crippen molar-refractivity contribution in [2.75, 3.05) is 27.2 Å². The first-order chi connectivity index (χ1) is 13.1. The number of aliphatic hydroxyl groups is 2. The molecule has 0 spiro atoms. The van der Waals surface area contributed by atoms with Crippen molar-refractivity contribution in [1.82, 2.24) is 4.90 Å². The molecule has 0 aromatic carbocycles. The smallest absolute Gasteiger partial charge is 0.330 e. The van der Waals surface area contributed by atoms with Gasteiger partial charge in [-0.05, 0) is 81.9 Å². The molecular weight excluding hydrogens is 354 g/mol. The van der Waals surface area contributed by atoms with Crippen molar-refractivity contribution in [1.29, 1.82) is 0 Å². The molecule has 0 radical (unpaired) electrons. The number of carbonyl (C=O) groups excluding carboxylic acids is 1. The summed E-state index contributed by atoms with van der Waals surface area (Å²) in [6.07, 6.45) is 5.18. The van der Waals surface area contributed by atoms with Crippen molar-refractivity contribution < 1.29 is 19.7 Å². The monoisotopic (exact) mass is 391 g/mol. The molecule has 0 bridgehead atoms. The van der Waals surface area contributed by atoms with Crippen molar-refractivity contribution in [3.8, 4) is 0 Å². The second kappa shape index (κ2) is 8.29. The van der Waals surface area contributed by atoms with Gasteiger partial charge in [-0.3, -0.25) is 0 Å². The van der Waals surface area contributed by atoms with E-state index < -0.39 is 6.10 Å². The molecule has 2 saturated carbocycles. The lowest BCUT2D eigenvalue weighted by atomic mass is 9.49. The van der Waals surface area contributed by atoms with Crippen LogP contribution in [-0.4, -0.2) is 60.5 Å². The maximum atomic E-state index is 12.2. The number of fused-ring (bicyclic) bond motifs is 3. The predicted molar refractivity (Wildman–Crippen MR) is 110 cm³/mol. The molecule has 5 heteroatoms. The van der Waals surface area contributed by atoms with Gasteiger partial charge in [0.2, 0.25) is 0 Å². The molecular formula is C23H37NO4. The lowest BCUT2D eigenvalue weighted by Gasteiger charge is -2.57. The summed E-state index contributed by atoms with van der Waals surface area (Å²) in [7, 11) is 3.91. The number of carbonyl (C=O) groups is 1. The molecule has 3 aliphatic rings. The van der Waals surface area contributed by atoms with Gasteiger partial charge in [-0.2, -0.15) is 0 Å². The van der Waals surface area contributed by atoms with Gasteiger partial charge < -0.3 is 19.8 Å². The highest BCUT2D eigenvalue weighted by molar-refractivity contribution is 5.83. The van der Waals surface area contributed by atoms with Crippen molar-refractivity contribution in [2.45, 2.75) is 65.1 Å². The van der Waals surface area contributed by atoms with Gasteiger partial charge in [0.25, 0.3) is 0 Å². The summed E-state index contributed by atoms with van der Waals surface area (Å²) in [5.74, 6) is 0.452. The highest BCUT2D eigenvalue weighted by atomic mass is 16.5. The normalized spacial score (nSPS) is 39.7. The third-order valence-electron chi connectivity index (χ3n) is 7.74.